The van der Waals surface area contributed by atoms with Gasteiger partial charge in [-0.15, -0.1) is 0 Å². The summed E-state index contributed by atoms with van der Waals surface area (Å²) < 4.78 is 0. The maximum absolute atomic E-state index is 12.0. The molecule has 5 heteroatoms. The van der Waals surface area contributed by atoms with Crippen molar-refractivity contribution < 1.29 is 9.59 Å². The van der Waals surface area contributed by atoms with E-state index in [1.165, 1.54) is 32.1 Å². The molecule has 0 unspecified atom stereocenters. The van der Waals surface area contributed by atoms with Crippen LogP contribution in [0.3, 0.4) is 0 Å². The maximum atomic E-state index is 12.0. The van der Waals surface area contributed by atoms with Gasteiger partial charge in [0.15, 0.2) is 0 Å². The van der Waals surface area contributed by atoms with Gasteiger partial charge in [0.1, 0.15) is 0 Å². The first-order chi connectivity index (χ1) is 8.79. The Morgan fingerprint density at radius 2 is 1.78 bits per heavy atom. The van der Waals surface area contributed by atoms with E-state index in [-0.39, 0.29) is 5.91 Å². The molecule has 0 radical (unpaired) electrons. The normalized spacial score (nSPS) is 22.0. The number of hydrogen-bond donors (Lipinski definition) is 1. The van der Waals surface area contributed by atoms with E-state index >= 15 is 0 Å². The Labute approximate surface area is 108 Å². The first-order valence-electron chi connectivity index (χ1n) is 7.00. The van der Waals surface area contributed by atoms with E-state index in [0.29, 0.717) is 38.8 Å². The van der Waals surface area contributed by atoms with Crippen molar-refractivity contribution in [2.75, 3.05) is 32.7 Å². The zero-order valence-corrected chi connectivity index (χ0v) is 10.9. The molecule has 1 N–H and O–H groups in total. The SMILES string of the molecule is O=CN1CCN(C(=O)CNC2CCCCC2)CC1. The molecular formula is C13H23N3O2. The number of carbonyl (C=O) groups is 2. The lowest BCUT2D eigenvalue weighted by Gasteiger charge is -2.33. The highest BCUT2D eigenvalue weighted by Gasteiger charge is 2.21. The predicted molar refractivity (Wildman–Crippen MR) is 69.1 cm³/mol. The summed E-state index contributed by atoms with van der Waals surface area (Å²) in [5, 5.41) is 3.37. The summed E-state index contributed by atoms with van der Waals surface area (Å²) in [6.45, 7) is 3.12. The Bertz CT molecular complexity index is 282. The Morgan fingerprint density at radius 3 is 2.39 bits per heavy atom. The number of piperazine rings is 1. The van der Waals surface area contributed by atoms with Crippen LogP contribution in [-0.2, 0) is 9.59 Å². The minimum atomic E-state index is 0.172. The third-order valence-electron chi connectivity index (χ3n) is 3.96. The van der Waals surface area contributed by atoms with Gasteiger partial charge < -0.3 is 15.1 Å². The fraction of sp³-hybridized carbons (Fsp3) is 0.846. The van der Waals surface area contributed by atoms with Crippen LogP contribution < -0.4 is 5.32 Å². The van der Waals surface area contributed by atoms with Crippen molar-refractivity contribution in [1.82, 2.24) is 15.1 Å². The fourth-order valence-electron chi connectivity index (χ4n) is 2.73. The quantitative estimate of drug-likeness (QED) is 0.729. The molecule has 0 bridgehead atoms. The van der Waals surface area contributed by atoms with Crippen molar-refractivity contribution in [3.8, 4) is 0 Å². The van der Waals surface area contributed by atoms with Crippen molar-refractivity contribution in [2.24, 2.45) is 0 Å². The summed E-state index contributed by atoms with van der Waals surface area (Å²) >= 11 is 0. The molecule has 102 valence electrons. The largest absolute Gasteiger partial charge is 0.342 e. The zero-order chi connectivity index (χ0) is 12.8. The monoisotopic (exact) mass is 253 g/mol. The van der Waals surface area contributed by atoms with Crippen molar-refractivity contribution in [3.63, 3.8) is 0 Å². The van der Waals surface area contributed by atoms with Gasteiger partial charge in [-0.3, -0.25) is 9.59 Å². The molecule has 0 spiro atoms. The van der Waals surface area contributed by atoms with Crippen LogP contribution in [0.1, 0.15) is 32.1 Å². The third-order valence-corrected chi connectivity index (χ3v) is 3.96. The van der Waals surface area contributed by atoms with Crippen molar-refractivity contribution in [1.29, 1.82) is 0 Å². The Hall–Kier alpha value is -1.10. The molecule has 0 aromatic rings. The number of nitrogens with one attached hydrogen (secondary N) is 1. The summed E-state index contributed by atoms with van der Waals surface area (Å²) in [6.07, 6.45) is 7.16. The molecule has 0 aromatic carbocycles. The van der Waals surface area contributed by atoms with Gasteiger partial charge in [0, 0.05) is 32.2 Å². The molecule has 2 fully saturated rings. The Morgan fingerprint density at radius 1 is 1.11 bits per heavy atom. The van der Waals surface area contributed by atoms with Gasteiger partial charge in [0.05, 0.1) is 6.54 Å². The van der Waals surface area contributed by atoms with Crippen LogP contribution in [0, 0.1) is 0 Å². The molecular weight excluding hydrogens is 230 g/mol. The molecule has 2 rings (SSSR count). The van der Waals surface area contributed by atoms with E-state index in [0.717, 1.165) is 6.41 Å². The van der Waals surface area contributed by atoms with Crippen LogP contribution in [0.15, 0.2) is 0 Å². The number of rotatable bonds is 4. The predicted octanol–water partition coefficient (Wildman–Crippen LogP) is 0.209. The number of nitrogens with zero attached hydrogens (tertiary/aromatic N) is 2. The zero-order valence-electron chi connectivity index (χ0n) is 10.9. The summed E-state index contributed by atoms with van der Waals surface area (Å²) in [4.78, 5) is 26.1. The van der Waals surface area contributed by atoms with Crippen LogP contribution in [-0.4, -0.2) is 60.9 Å². The highest BCUT2D eigenvalue weighted by molar-refractivity contribution is 5.78. The second-order valence-electron chi connectivity index (χ2n) is 5.24. The van der Waals surface area contributed by atoms with Gasteiger partial charge in [0.25, 0.3) is 0 Å². The molecule has 1 aliphatic heterocycles. The van der Waals surface area contributed by atoms with E-state index in [4.69, 9.17) is 0 Å². The second-order valence-corrected chi connectivity index (χ2v) is 5.24. The first-order valence-corrected chi connectivity index (χ1v) is 7.00. The molecule has 0 aromatic heterocycles. The lowest BCUT2D eigenvalue weighted by Crippen LogP contribution is -2.51. The first kappa shape index (κ1) is 13.3. The standard InChI is InChI=1S/C13H23N3O2/c17-11-15-6-8-16(9-7-15)13(18)10-14-12-4-2-1-3-5-12/h11-12,14H,1-10H2. The van der Waals surface area contributed by atoms with Crippen molar-refractivity contribution >= 4 is 12.3 Å². The molecule has 18 heavy (non-hydrogen) atoms. The highest BCUT2D eigenvalue weighted by Crippen LogP contribution is 2.17. The Balaban J connectivity index is 1.66. The smallest absolute Gasteiger partial charge is 0.236 e. The average molecular weight is 253 g/mol. The average Bonchev–Trinajstić information content (AvgIpc) is 2.46. The van der Waals surface area contributed by atoms with Gasteiger partial charge in [0.2, 0.25) is 12.3 Å². The lowest BCUT2D eigenvalue weighted by atomic mass is 9.95. The van der Waals surface area contributed by atoms with E-state index in [2.05, 4.69) is 5.32 Å². The molecule has 2 amide bonds. The molecule has 1 saturated carbocycles. The van der Waals surface area contributed by atoms with Crippen LogP contribution in [0.5, 0.6) is 0 Å². The van der Waals surface area contributed by atoms with Crippen molar-refractivity contribution in [2.45, 2.75) is 38.1 Å². The van der Waals surface area contributed by atoms with Gasteiger partial charge in [-0.1, -0.05) is 19.3 Å². The summed E-state index contributed by atoms with van der Waals surface area (Å²) in [6, 6.07) is 0.527. The lowest BCUT2D eigenvalue weighted by molar-refractivity contribution is -0.134. The molecule has 1 heterocycles. The van der Waals surface area contributed by atoms with Crippen LogP contribution in [0.2, 0.25) is 0 Å². The Kier molecular flexibility index (Phi) is 4.99. The van der Waals surface area contributed by atoms with Crippen LogP contribution >= 0.6 is 0 Å². The summed E-state index contributed by atoms with van der Waals surface area (Å²) in [5.74, 6) is 0.172. The minimum Gasteiger partial charge on any atom is -0.342 e. The number of hydrogen-bond acceptors (Lipinski definition) is 3. The van der Waals surface area contributed by atoms with Crippen molar-refractivity contribution in [3.05, 3.63) is 0 Å². The van der Waals surface area contributed by atoms with E-state index in [1.54, 1.807) is 4.90 Å². The second kappa shape index (κ2) is 6.73. The van der Waals surface area contributed by atoms with Crippen LogP contribution in [0.25, 0.3) is 0 Å². The van der Waals surface area contributed by atoms with Crippen LogP contribution in [0.4, 0.5) is 0 Å². The minimum absolute atomic E-state index is 0.172. The van der Waals surface area contributed by atoms with Gasteiger partial charge >= 0.3 is 0 Å². The van der Waals surface area contributed by atoms with Gasteiger partial charge in [-0.25, -0.2) is 0 Å². The third kappa shape index (κ3) is 3.70. The molecule has 2 aliphatic rings. The number of amides is 2. The topological polar surface area (TPSA) is 52.7 Å². The highest BCUT2D eigenvalue weighted by atomic mass is 16.2. The molecule has 0 atom stereocenters. The van der Waals surface area contributed by atoms with Gasteiger partial charge in [-0.05, 0) is 12.8 Å². The number of carbonyl (C=O) groups excluding carboxylic acids is 2. The van der Waals surface area contributed by atoms with E-state index < -0.39 is 0 Å². The van der Waals surface area contributed by atoms with E-state index in [9.17, 15) is 9.59 Å². The van der Waals surface area contributed by atoms with Gasteiger partial charge in [-0.2, -0.15) is 0 Å². The maximum Gasteiger partial charge on any atom is 0.236 e. The molecule has 5 nitrogen and oxygen atoms in total. The molecule has 1 saturated heterocycles. The molecule has 1 aliphatic carbocycles. The van der Waals surface area contributed by atoms with E-state index in [1.807, 2.05) is 4.90 Å². The summed E-state index contributed by atoms with van der Waals surface area (Å²) in [5.41, 5.74) is 0. The fourth-order valence-corrected chi connectivity index (χ4v) is 2.73. The summed E-state index contributed by atoms with van der Waals surface area (Å²) in [7, 11) is 0.